The number of amides is 2. The van der Waals surface area contributed by atoms with Crippen LogP contribution in [0.3, 0.4) is 0 Å². The first-order valence-corrected chi connectivity index (χ1v) is 37.7. The summed E-state index contributed by atoms with van der Waals surface area (Å²) in [6.45, 7) is 12.2. The summed E-state index contributed by atoms with van der Waals surface area (Å²) in [5.74, 6) is 0.962. The number of benzene rings is 6. The molecule has 8 heterocycles. The monoisotopic (exact) mass is 1560 g/mol. The number of anilines is 2. The normalized spacial score (nSPS) is 17.0. The van der Waals surface area contributed by atoms with Crippen molar-refractivity contribution in [1.29, 1.82) is 0 Å². The van der Waals surface area contributed by atoms with Crippen LogP contribution < -0.4 is 43.8 Å². The van der Waals surface area contributed by atoms with Crippen LogP contribution in [0.4, 0.5) is 34.1 Å². The van der Waals surface area contributed by atoms with Crippen molar-refractivity contribution >= 4 is 121 Å². The van der Waals surface area contributed by atoms with E-state index in [-0.39, 0.29) is 29.4 Å². The molecule has 27 nitrogen and oxygen atoms in total. The molecule has 14 aromatic rings. The number of carbonyl (C=O) groups excluding carboxylic acids is 2. The topological polar surface area (TPSA) is 329 Å². The van der Waals surface area contributed by atoms with Gasteiger partial charge in [-0.05, 0) is 125 Å². The number of ether oxygens (including phenoxy) is 9. The highest BCUT2D eigenvalue weighted by Gasteiger charge is 2.39. The van der Waals surface area contributed by atoms with Crippen molar-refractivity contribution in [3.05, 3.63) is 156 Å². The summed E-state index contributed by atoms with van der Waals surface area (Å²) >= 11 is 4.25. The molecule has 17 rings (SSSR count). The number of carbonyl (C=O) groups is 2. The van der Waals surface area contributed by atoms with Crippen LogP contribution in [0.25, 0.3) is 95.5 Å². The summed E-state index contributed by atoms with van der Waals surface area (Å²) in [5, 5.41) is 17.0. The molecule has 8 aromatic heterocycles. The molecule has 0 radical (unpaired) electrons. The Kier molecular flexibility index (Phi) is 21.4. The van der Waals surface area contributed by atoms with Crippen LogP contribution in [0.15, 0.2) is 116 Å². The highest BCUT2D eigenvalue weighted by atomic mass is 32.1. The lowest BCUT2D eigenvalue weighted by Crippen LogP contribution is -2.45. The fourth-order valence-electron chi connectivity index (χ4n) is 12.2. The molecular weight excluding hydrogens is 1490 g/mol. The van der Waals surface area contributed by atoms with Crippen molar-refractivity contribution in [2.24, 2.45) is 5.92 Å². The first-order valence-electron chi connectivity index (χ1n) is 35.3. The second-order valence-corrected chi connectivity index (χ2v) is 30.1. The van der Waals surface area contributed by atoms with Crippen LogP contribution in [0, 0.1) is 51.1 Å². The third kappa shape index (κ3) is 16.7. The number of aryl methyl sites for hydroxylation is 4. The third-order valence-electron chi connectivity index (χ3n) is 18.2. The van der Waals surface area contributed by atoms with E-state index in [4.69, 9.17) is 42.6 Å². The minimum absolute atomic E-state index is 0.0745. The molecule has 3 saturated carbocycles. The number of nitrogens with zero attached hydrogens (tertiary/aromatic N) is 13. The molecule has 3 N–H and O–H groups in total. The van der Waals surface area contributed by atoms with E-state index < -0.39 is 60.2 Å². The van der Waals surface area contributed by atoms with Crippen LogP contribution >= 0.6 is 34.0 Å². The Balaban J connectivity index is 0.000000134. The molecule has 2 amide bonds. The SMILES string of the molecule is COc1cnc2c(-c3nc4cc(F)c(O[C@@H]5CC[C@@H]5OC(=O)Nc5cnc(C)nc5)cc4s3)cc(C)cc2n1.COc1cnc2c(-c3nc4cc(F)c(O[C@@H]5CC[C@@H]5OC(=O)Nc5cnc(OCC(C)C)nc5)cc4s3)cc(C)cc2n1.COc1cnc2c(-c3nc4cc(F)c(O[C@H]5CC[C@H]5O)cc4s3)cc(C)cc2n1. The van der Waals surface area contributed by atoms with Gasteiger partial charge in [-0.15, -0.1) is 34.0 Å². The molecule has 0 unspecified atom stereocenters. The lowest BCUT2D eigenvalue weighted by atomic mass is 9.92. The van der Waals surface area contributed by atoms with E-state index in [1.54, 1.807) is 65.0 Å². The van der Waals surface area contributed by atoms with Gasteiger partial charge in [0, 0.05) is 53.1 Å². The van der Waals surface area contributed by atoms with Crippen molar-refractivity contribution < 1.29 is 70.5 Å². The second kappa shape index (κ2) is 31.9. The van der Waals surface area contributed by atoms with E-state index in [9.17, 15) is 19.1 Å². The van der Waals surface area contributed by atoms with Crippen LogP contribution in [-0.4, -0.2) is 147 Å². The molecule has 0 aliphatic heterocycles. The van der Waals surface area contributed by atoms with Crippen molar-refractivity contribution in [3.8, 4) is 72.6 Å². The van der Waals surface area contributed by atoms with Crippen LogP contribution in [0.1, 0.15) is 74.9 Å². The zero-order valence-electron chi connectivity index (χ0n) is 61.1. The molecule has 33 heteroatoms. The predicted molar refractivity (Wildman–Crippen MR) is 412 cm³/mol. The van der Waals surface area contributed by atoms with Gasteiger partial charge in [0.05, 0.1) is 153 Å². The van der Waals surface area contributed by atoms with Gasteiger partial charge in [0.15, 0.2) is 34.7 Å². The number of halogens is 3. The maximum atomic E-state index is 15.1. The highest BCUT2D eigenvalue weighted by Crippen LogP contribution is 2.43. The Hall–Kier alpha value is -11.9. The number of hydrogen-bond donors (Lipinski definition) is 3. The number of aromatic nitrogens is 13. The summed E-state index contributed by atoms with van der Waals surface area (Å²) in [6, 6.07) is 21.0. The molecule has 6 atom stereocenters. The van der Waals surface area contributed by atoms with Gasteiger partial charge in [-0.2, -0.15) is 0 Å². The number of aliphatic hydroxyl groups is 1. The van der Waals surface area contributed by atoms with Crippen LogP contribution in [0.2, 0.25) is 0 Å². The average Bonchev–Trinajstić information content (AvgIpc) is 1.66. The van der Waals surface area contributed by atoms with Gasteiger partial charge >= 0.3 is 18.2 Å². The molecule has 3 aliphatic rings. The Labute approximate surface area is 643 Å². The third-order valence-corrected chi connectivity index (χ3v) is 21.4. The zero-order chi connectivity index (χ0) is 77.3. The van der Waals surface area contributed by atoms with Gasteiger partial charge in [0.25, 0.3) is 0 Å². The van der Waals surface area contributed by atoms with Gasteiger partial charge in [0.1, 0.15) is 51.4 Å². The fraction of sp³-hybridized carbons (Fsp3) is 0.295. The van der Waals surface area contributed by atoms with Crippen molar-refractivity contribution in [2.75, 3.05) is 38.6 Å². The Bertz CT molecular complexity index is 5870. The predicted octanol–water partition coefficient (Wildman–Crippen LogP) is 16.2. The van der Waals surface area contributed by atoms with Crippen LogP contribution in [0.5, 0.6) is 40.9 Å². The van der Waals surface area contributed by atoms with Gasteiger partial charge < -0.3 is 47.7 Å². The molecule has 6 aromatic carbocycles. The van der Waals surface area contributed by atoms with E-state index in [0.29, 0.717) is 139 Å². The summed E-state index contributed by atoms with van der Waals surface area (Å²) < 4.78 is 96.6. The maximum Gasteiger partial charge on any atom is 0.412 e. The smallest absolute Gasteiger partial charge is 0.412 e. The number of rotatable bonds is 19. The molecule has 0 bridgehead atoms. The Morgan fingerprint density at radius 3 is 1.12 bits per heavy atom. The number of hydrogen-bond acceptors (Lipinski definition) is 28. The molecule has 0 spiro atoms. The first-order chi connectivity index (χ1) is 53.6. The van der Waals surface area contributed by atoms with E-state index >= 15 is 8.78 Å². The van der Waals surface area contributed by atoms with E-state index in [0.717, 1.165) is 58.9 Å². The van der Waals surface area contributed by atoms with Gasteiger partial charge in [-0.3, -0.25) is 10.6 Å². The van der Waals surface area contributed by atoms with Crippen molar-refractivity contribution in [1.82, 2.24) is 64.8 Å². The summed E-state index contributed by atoms with van der Waals surface area (Å²) in [6.07, 6.45) is 10.3. The molecule has 568 valence electrons. The average molecular weight is 1560 g/mol. The molecule has 0 saturated heterocycles. The standard InChI is InChI=1S/C30H29FN6O5S.C27H23FN6O4S.C21H18FN3O3S/c1-15(2)14-40-29-33-11-17(12-34-29)35-30(38)42-23-6-5-22(23)41-24-10-25-20(9-19(24)31)37-28(43-25)18-7-16(3)8-21-27(18)32-13-26(36-21)39-4;1-13-6-16(25-19(7-13)33-24(36-3)12-31-25)26-34-18-8-17(28)22(9-23(18)39-26)37-20-4-5-21(20)38-27(35)32-15-10-29-14(2)30-11-15;1-10-5-11(20-14(6-10)24-19(27-2)9-23-20)21-25-13-7-12(22)17(8-18(13)29-21)28-16-4-3-15(16)26/h7-13,15,22-23H,5-6,14H2,1-4H3,(H,35,38);6-12,20-21H,4-5H2,1-3H3,(H,32,35);5-9,15-16,26H,3-4H2,1-2H3/t22-,23+;20-,21+;15-,16+/m111/s1. The fourth-order valence-corrected chi connectivity index (χ4v) is 15.1. The Morgan fingerprint density at radius 1 is 0.441 bits per heavy atom. The van der Waals surface area contributed by atoms with Crippen molar-refractivity contribution in [2.45, 2.75) is 117 Å². The molecule has 3 aliphatic carbocycles. The lowest BCUT2D eigenvalue weighted by Gasteiger charge is -2.35. The highest BCUT2D eigenvalue weighted by molar-refractivity contribution is 7.22. The molecular formula is C78H70F3N15O12S3. The lowest BCUT2D eigenvalue weighted by molar-refractivity contribution is -0.0432. The minimum atomic E-state index is -0.674. The zero-order valence-corrected chi connectivity index (χ0v) is 63.5. The summed E-state index contributed by atoms with van der Waals surface area (Å²) in [5.41, 5.74) is 12.0. The number of methoxy groups -OCH3 is 3. The minimum Gasteiger partial charge on any atom is -0.485 e. The second-order valence-electron chi connectivity index (χ2n) is 27.0. The number of aliphatic hydroxyl groups excluding tert-OH is 1. The van der Waals surface area contributed by atoms with E-state index in [1.807, 2.05) is 71.0 Å². The van der Waals surface area contributed by atoms with Crippen molar-refractivity contribution in [3.63, 3.8) is 0 Å². The summed E-state index contributed by atoms with van der Waals surface area (Å²) in [4.78, 5) is 82.0. The number of nitrogens with one attached hydrogen (secondary N) is 2. The quantitative estimate of drug-likeness (QED) is 0.0677. The Morgan fingerprint density at radius 2 is 0.793 bits per heavy atom. The van der Waals surface area contributed by atoms with E-state index in [2.05, 4.69) is 75.4 Å². The van der Waals surface area contributed by atoms with Gasteiger partial charge in [-0.1, -0.05) is 13.8 Å². The first kappa shape index (κ1) is 74.5. The van der Waals surface area contributed by atoms with Gasteiger partial charge in [0.2, 0.25) is 17.6 Å². The maximum absolute atomic E-state index is 15.1. The summed E-state index contributed by atoms with van der Waals surface area (Å²) in [7, 11) is 4.64. The number of fused-ring (bicyclic) bond motifs is 6. The number of thiazole rings is 3. The molecule has 111 heavy (non-hydrogen) atoms. The van der Waals surface area contributed by atoms with E-state index in [1.165, 1.54) is 77.0 Å². The van der Waals surface area contributed by atoms with Crippen LogP contribution in [-0.2, 0) is 9.47 Å². The molecule has 3 fully saturated rings. The largest absolute Gasteiger partial charge is 0.485 e. The van der Waals surface area contributed by atoms with Gasteiger partial charge in [-0.25, -0.2) is 87.6 Å².